The molecular weight excluding hydrogens is 324 g/mol. The first-order valence-electron chi connectivity index (χ1n) is 8.31. The van der Waals surface area contributed by atoms with Crippen molar-refractivity contribution in [1.29, 1.82) is 0 Å². The van der Waals surface area contributed by atoms with E-state index < -0.39 is 0 Å². The minimum atomic E-state index is -0.0343. The minimum Gasteiger partial charge on any atom is -0.489 e. The fourth-order valence-corrected chi connectivity index (χ4v) is 3.23. The zero-order chi connectivity index (χ0) is 16.6. The summed E-state index contributed by atoms with van der Waals surface area (Å²) in [5, 5.41) is 4.90. The lowest BCUT2D eigenvalue weighted by atomic mass is 10.1. The third-order valence-corrected chi connectivity index (χ3v) is 4.59. The Balaban J connectivity index is 1.51. The van der Waals surface area contributed by atoms with E-state index in [-0.39, 0.29) is 12.0 Å². The van der Waals surface area contributed by atoms with Crippen LogP contribution in [0.4, 0.5) is 5.69 Å². The van der Waals surface area contributed by atoms with Crippen molar-refractivity contribution >= 4 is 22.9 Å². The van der Waals surface area contributed by atoms with Crippen molar-refractivity contribution in [3.05, 3.63) is 40.8 Å². The number of anilines is 1. The number of aryl methyl sites for hydroxylation is 1. The van der Waals surface area contributed by atoms with E-state index >= 15 is 0 Å². The summed E-state index contributed by atoms with van der Waals surface area (Å²) in [6, 6.07) is 7.53. The highest BCUT2D eigenvalue weighted by Crippen LogP contribution is 2.25. The maximum Gasteiger partial charge on any atom is 0.224 e. The van der Waals surface area contributed by atoms with E-state index in [1.807, 2.05) is 29.6 Å². The summed E-state index contributed by atoms with van der Waals surface area (Å²) in [6.07, 6.45) is 4.54. The number of nitrogens with zero attached hydrogens (tertiary/aromatic N) is 1. The summed E-state index contributed by atoms with van der Waals surface area (Å²) in [5.41, 5.74) is 3.44. The van der Waals surface area contributed by atoms with E-state index in [9.17, 15) is 4.79 Å². The molecule has 0 spiro atoms. The van der Waals surface area contributed by atoms with Crippen LogP contribution in [0.1, 0.15) is 31.4 Å². The van der Waals surface area contributed by atoms with Crippen molar-refractivity contribution < 1.29 is 14.3 Å². The first-order valence-corrected chi connectivity index (χ1v) is 9.26. The monoisotopic (exact) mass is 346 g/mol. The molecule has 0 aliphatic carbocycles. The van der Waals surface area contributed by atoms with Gasteiger partial charge in [-0.05, 0) is 37.8 Å². The van der Waals surface area contributed by atoms with Gasteiger partial charge < -0.3 is 14.8 Å². The van der Waals surface area contributed by atoms with Gasteiger partial charge in [0.25, 0.3) is 0 Å². The van der Waals surface area contributed by atoms with Crippen molar-refractivity contribution in [3.63, 3.8) is 0 Å². The quantitative estimate of drug-likeness (QED) is 0.831. The molecule has 0 radical (unpaired) electrons. The predicted molar refractivity (Wildman–Crippen MR) is 94.6 cm³/mol. The Labute approximate surface area is 146 Å². The maximum absolute atomic E-state index is 12.2. The smallest absolute Gasteiger partial charge is 0.224 e. The number of hydrogen-bond acceptors (Lipinski definition) is 5. The topological polar surface area (TPSA) is 60.5 Å². The molecule has 1 aromatic heterocycles. The lowest BCUT2D eigenvalue weighted by molar-refractivity contribution is -0.116. The zero-order valence-electron chi connectivity index (χ0n) is 13.6. The number of ether oxygens (including phenoxy) is 2. The molecule has 1 aliphatic rings. The van der Waals surface area contributed by atoms with Crippen molar-refractivity contribution in [2.45, 2.75) is 38.2 Å². The summed E-state index contributed by atoms with van der Waals surface area (Å²) >= 11 is 1.54. The van der Waals surface area contributed by atoms with Crippen molar-refractivity contribution in [1.82, 2.24) is 4.98 Å². The summed E-state index contributed by atoms with van der Waals surface area (Å²) < 4.78 is 11.6. The number of amides is 1. The van der Waals surface area contributed by atoms with Crippen LogP contribution in [0.3, 0.4) is 0 Å². The lowest BCUT2D eigenvalue weighted by Crippen LogP contribution is -2.26. The standard InChI is InChI=1S/C18H22N2O3S/c21-18(9-8-14-12-24-13-19-14)20-16-6-1-2-7-17(16)23-11-15-5-3-4-10-22-15/h1-2,6-7,12-13,15H,3-5,8-11H2,(H,20,21)/t15-/m1/s1. The zero-order valence-corrected chi connectivity index (χ0v) is 14.4. The Bertz CT molecular complexity index is 639. The molecule has 1 aliphatic heterocycles. The number of rotatable bonds is 7. The van der Waals surface area contributed by atoms with Gasteiger partial charge in [-0.3, -0.25) is 4.79 Å². The van der Waals surface area contributed by atoms with Crippen LogP contribution in [0.5, 0.6) is 5.75 Å². The largest absolute Gasteiger partial charge is 0.489 e. The molecule has 1 fully saturated rings. The minimum absolute atomic E-state index is 0.0343. The summed E-state index contributed by atoms with van der Waals surface area (Å²) in [7, 11) is 0. The van der Waals surface area contributed by atoms with Gasteiger partial charge in [0, 0.05) is 18.4 Å². The third kappa shape index (κ3) is 5.04. The Morgan fingerprint density at radius 1 is 1.38 bits per heavy atom. The summed E-state index contributed by atoms with van der Waals surface area (Å²) in [6.45, 7) is 1.33. The number of carbonyl (C=O) groups excluding carboxylic acids is 1. The Morgan fingerprint density at radius 3 is 3.08 bits per heavy atom. The Kier molecular flexibility index (Phi) is 6.20. The average Bonchev–Trinajstić information content (AvgIpc) is 3.14. The Hall–Kier alpha value is -1.92. The van der Waals surface area contributed by atoms with E-state index in [0.29, 0.717) is 30.9 Å². The normalized spacial score (nSPS) is 17.4. The highest BCUT2D eigenvalue weighted by molar-refractivity contribution is 7.07. The second-order valence-electron chi connectivity index (χ2n) is 5.82. The number of para-hydroxylation sites is 2. The van der Waals surface area contributed by atoms with Gasteiger partial charge in [0.05, 0.1) is 23.0 Å². The van der Waals surface area contributed by atoms with Gasteiger partial charge >= 0.3 is 0 Å². The summed E-state index contributed by atoms with van der Waals surface area (Å²) in [5.74, 6) is 0.654. The number of carbonyl (C=O) groups is 1. The fraction of sp³-hybridized carbons (Fsp3) is 0.444. The molecule has 128 valence electrons. The van der Waals surface area contributed by atoms with Crippen molar-refractivity contribution in [2.75, 3.05) is 18.5 Å². The molecule has 2 heterocycles. The first kappa shape index (κ1) is 16.9. The van der Waals surface area contributed by atoms with Gasteiger partial charge in [-0.25, -0.2) is 4.98 Å². The number of benzene rings is 1. The van der Waals surface area contributed by atoms with Crippen LogP contribution in [0.2, 0.25) is 0 Å². The molecule has 3 rings (SSSR count). The van der Waals surface area contributed by atoms with Crippen LogP contribution in [-0.4, -0.2) is 30.2 Å². The van der Waals surface area contributed by atoms with Crippen LogP contribution < -0.4 is 10.1 Å². The summed E-state index contributed by atoms with van der Waals surface area (Å²) in [4.78, 5) is 16.3. The highest BCUT2D eigenvalue weighted by Gasteiger charge is 2.15. The molecule has 0 saturated carbocycles. The second-order valence-corrected chi connectivity index (χ2v) is 6.54. The number of thiazole rings is 1. The Morgan fingerprint density at radius 2 is 2.29 bits per heavy atom. The van der Waals surface area contributed by atoms with Crippen LogP contribution in [0.15, 0.2) is 35.2 Å². The van der Waals surface area contributed by atoms with Crippen LogP contribution in [0, 0.1) is 0 Å². The molecule has 1 amide bonds. The average molecular weight is 346 g/mol. The van der Waals surface area contributed by atoms with Crippen molar-refractivity contribution in [2.24, 2.45) is 0 Å². The molecule has 0 bridgehead atoms. The lowest BCUT2D eigenvalue weighted by Gasteiger charge is -2.23. The molecule has 5 nitrogen and oxygen atoms in total. The van der Waals surface area contributed by atoms with E-state index in [2.05, 4.69) is 10.3 Å². The van der Waals surface area contributed by atoms with Gasteiger partial charge in [-0.15, -0.1) is 11.3 Å². The number of hydrogen-bond donors (Lipinski definition) is 1. The molecule has 1 N–H and O–H groups in total. The molecule has 1 atom stereocenters. The molecule has 24 heavy (non-hydrogen) atoms. The van der Waals surface area contributed by atoms with E-state index in [4.69, 9.17) is 9.47 Å². The van der Waals surface area contributed by atoms with Crippen LogP contribution >= 0.6 is 11.3 Å². The van der Waals surface area contributed by atoms with Crippen LogP contribution in [0.25, 0.3) is 0 Å². The molecule has 1 saturated heterocycles. The predicted octanol–water partition coefficient (Wildman–Crippen LogP) is 3.66. The highest BCUT2D eigenvalue weighted by atomic mass is 32.1. The van der Waals surface area contributed by atoms with Crippen LogP contribution in [-0.2, 0) is 16.0 Å². The van der Waals surface area contributed by atoms with E-state index in [0.717, 1.165) is 25.1 Å². The van der Waals surface area contributed by atoms with Gasteiger partial charge in [-0.1, -0.05) is 12.1 Å². The maximum atomic E-state index is 12.2. The van der Waals surface area contributed by atoms with Gasteiger partial charge in [0.2, 0.25) is 5.91 Å². The number of nitrogens with one attached hydrogen (secondary N) is 1. The van der Waals surface area contributed by atoms with Crippen molar-refractivity contribution in [3.8, 4) is 5.75 Å². The van der Waals surface area contributed by atoms with Gasteiger partial charge in [0.15, 0.2) is 0 Å². The van der Waals surface area contributed by atoms with E-state index in [1.165, 1.54) is 6.42 Å². The molecule has 2 aromatic rings. The fourth-order valence-electron chi connectivity index (χ4n) is 2.63. The molecule has 6 heteroatoms. The molecular formula is C18H22N2O3S. The van der Waals surface area contributed by atoms with Gasteiger partial charge in [0.1, 0.15) is 12.4 Å². The third-order valence-electron chi connectivity index (χ3n) is 3.95. The number of aromatic nitrogens is 1. The molecule has 0 unspecified atom stereocenters. The van der Waals surface area contributed by atoms with Gasteiger partial charge in [-0.2, -0.15) is 0 Å². The van der Waals surface area contributed by atoms with E-state index in [1.54, 1.807) is 16.8 Å². The SMILES string of the molecule is O=C(CCc1cscn1)Nc1ccccc1OC[C@H]1CCCCO1. The second kappa shape index (κ2) is 8.80. The molecule has 1 aromatic carbocycles. The first-order chi connectivity index (χ1) is 11.8.